The zero-order valence-electron chi connectivity index (χ0n) is 46.3. The number of nitrogen functional groups attached to an aromatic ring is 1. The van der Waals surface area contributed by atoms with E-state index >= 15 is 0 Å². The van der Waals surface area contributed by atoms with Crippen LogP contribution in [0, 0.1) is 46.4 Å². The Kier molecular flexibility index (Phi) is 24.2. The van der Waals surface area contributed by atoms with Crippen molar-refractivity contribution in [3.05, 3.63) is 102 Å². The van der Waals surface area contributed by atoms with E-state index in [4.69, 9.17) is 60.1 Å². The molecule has 0 bridgehead atoms. The molecule has 4 aromatic heterocycles. The minimum Gasteiger partial charge on any atom is -0.463 e. The molecule has 6 aromatic rings. The Morgan fingerprint density at radius 2 is 1.34 bits per heavy atom. The summed E-state index contributed by atoms with van der Waals surface area (Å²) in [6.07, 6.45) is 2.24. The van der Waals surface area contributed by atoms with Crippen molar-refractivity contribution in [1.82, 2.24) is 36.8 Å². The zero-order chi connectivity index (χ0) is 63.3. The predicted molar refractivity (Wildman–Crippen MR) is 303 cm³/mol. The van der Waals surface area contributed by atoms with Crippen molar-refractivity contribution in [2.75, 3.05) is 40.7 Å². The number of carbonyl (C=O) groups is 3. The first-order chi connectivity index (χ1) is 40.9. The summed E-state index contributed by atoms with van der Waals surface area (Å²) >= 11 is 6.11. The number of aliphatic hydroxyl groups excluding tert-OH is 2. The molecule has 9 N–H and O–H groups in total. The van der Waals surface area contributed by atoms with E-state index in [1.165, 1.54) is 51.0 Å². The first kappa shape index (κ1) is 67.7. The molecule has 2 aromatic carbocycles. The largest absolute Gasteiger partial charge is 0.463 e. The molecule has 0 aliphatic carbocycles. The Bertz CT molecular complexity index is 3370. The summed E-state index contributed by atoms with van der Waals surface area (Å²) in [6.45, 7) is 9.13. The van der Waals surface area contributed by atoms with E-state index in [0.717, 1.165) is 37.3 Å². The van der Waals surface area contributed by atoms with Crippen molar-refractivity contribution < 1.29 is 91.6 Å². The van der Waals surface area contributed by atoms with Gasteiger partial charge in [-0.25, -0.2) is 15.0 Å². The topological polar surface area (TPSA) is 486 Å². The maximum Gasteiger partial charge on any atom is 0.303 e. The first-order valence-electron chi connectivity index (χ1n) is 25.7. The molecule has 3 saturated heterocycles. The number of hydrogen-bond donors (Lipinski definition) is 7. The number of rotatable bonds is 18. The summed E-state index contributed by atoms with van der Waals surface area (Å²) in [5.41, 5.74) is 10.2. The Morgan fingerprint density at radius 1 is 0.779 bits per heavy atom. The van der Waals surface area contributed by atoms with Gasteiger partial charge in [0.25, 0.3) is 22.7 Å². The number of thioether (sulfide) groups is 1. The number of hydrogen-bond acceptors (Lipinski definition) is 29. The second-order valence-corrected chi connectivity index (χ2v) is 26.2. The van der Waals surface area contributed by atoms with E-state index in [-0.39, 0.29) is 65.5 Å². The van der Waals surface area contributed by atoms with Gasteiger partial charge in [-0.3, -0.25) is 54.6 Å². The number of esters is 2. The molecule has 9 rings (SSSR count). The van der Waals surface area contributed by atoms with E-state index in [9.17, 15) is 59.9 Å². The summed E-state index contributed by atoms with van der Waals surface area (Å²) < 4.78 is 30.4. The van der Waals surface area contributed by atoms with Gasteiger partial charge in [-0.1, -0.05) is 32.4 Å². The normalized spacial score (nSPS) is 23.7. The van der Waals surface area contributed by atoms with Crippen LogP contribution in [0.15, 0.2) is 61.7 Å². The van der Waals surface area contributed by atoms with Crippen molar-refractivity contribution >= 4 is 118 Å². The number of nitrogens with zero attached hydrogens (tertiary/aromatic N) is 12. The number of para-hydroxylation sites is 2. The van der Waals surface area contributed by atoms with Gasteiger partial charge in [0, 0.05) is 44.0 Å². The molecular formula is C47H57Cl2HgN17O18S. The number of anilines is 4. The predicted octanol–water partition coefficient (Wildman–Crippen LogP) is 4.32. The third-order valence-electron chi connectivity index (χ3n) is 13.1. The SMILES string of the molecule is CC(=O)Nc1ncnc2c1nc[n]2[Hg][Cl].CC(=O)OC[C@H]1O[C@@H](Cl)C(Nc2c([N+](=O)[O-])cccc2[N+](=O)[O-])[C@H]1OC(C)=O.CCS[C@@H]1O[C@H](CC)[C@H](C)C1Nc1c([N+](=O)[O-])cccc1[N+](=O)[O-].Nc1ncnc2c1ncn2[C@@H]1O[C@H](CO)[C@H](O)C1N. The summed E-state index contributed by atoms with van der Waals surface area (Å²) in [6, 6.07) is 5.17. The molecule has 35 nitrogen and oxygen atoms in total. The fourth-order valence-corrected chi connectivity index (χ4v) is 14.0. The van der Waals surface area contributed by atoms with Gasteiger partial charge in [-0.2, -0.15) is 0 Å². The number of benzene rings is 2. The molecule has 460 valence electrons. The van der Waals surface area contributed by atoms with Crippen molar-refractivity contribution in [3.63, 3.8) is 0 Å². The van der Waals surface area contributed by atoms with Gasteiger partial charge < -0.3 is 56.0 Å². The molecule has 7 heterocycles. The number of aliphatic hydroxyl groups is 2. The molecular weight excluding hydrogens is 1390 g/mol. The maximum atomic E-state index is 11.5. The molecule has 0 radical (unpaired) electrons. The molecule has 86 heavy (non-hydrogen) atoms. The van der Waals surface area contributed by atoms with Crippen LogP contribution in [0.25, 0.3) is 22.3 Å². The van der Waals surface area contributed by atoms with Gasteiger partial charge in [0.05, 0.1) is 50.8 Å². The summed E-state index contributed by atoms with van der Waals surface area (Å²) in [5, 5.41) is 72.4. The Balaban J connectivity index is 0.000000187. The number of amides is 1. The zero-order valence-corrected chi connectivity index (χ0v) is 54.2. The van der Waals surface area contributed by atoms with Crippen LogP contribution in [0.3, 0.4) is 0 Å². The van der Waals surface area contributed by atoms with Crippen LogP contribution in [-0.4, -0.2) is 163 Å². The van der Waals surface area contributed by atoms with Crippen LogP contribution >= 0.6 is 31.6 Å². The van der Waals surface area contributed by atoms with Crippen LogP contribution in [-0.2, 0) is 61.7 Å². The molecule has 0 spiro atoms. The van der Waals surface area contributed by atoms with Crippen molar-refractivity contribution in [1.29, 1.82) is 0 Å². The second-order valence-electron chi connectivity index (χ2n) is 18.7. The average molecular weight is 1450 g/mol. The Morgan fingerprint density at radius 3 is 1.84 bits per heavy atom. The third-order valence-corrected chi connectivity index (χ3v) is 19.6. The van der Waals surface area contributed by atoms with Gasteiger partial charge in [0.1, 0.15) is 48.2 Å². The van der Waals surface area contributed by atoms with E-state index < -0.39 is 121 Å². The average Bonchev–Trinajstić information content (AvgIpc) is 2.28. The van der Waals surface area contributed by atoms with Gasteiger partial charge >= 0.3 is 114 Å². The van der Waals surface area contributed by atoms with E-state index in [2.05, 4.69) is 45.9 Å². The number of ether oxygens (including phenoxy) is 5. The monoisotopic (exact) mass is 1450 g/mol. The van der Waals surface area contributed by atoms with Gasteiger partial charge in [-0.15, -0.1) is 11.8 Å². The van der Waals surface area contributed by atoms with Crippen molar-refractivity contribution in [2.24, 2.45) is 11.7 Å². The second kappa shape index (κ2) is 30.8. The number of nitrogens with one attached hydrogen (secondary N) is 3. The summed E-state index contributed by atoms with van der Waals surface area (Å²) in [5.74, 6) is 0.0984. The van der Waals surface area contributed by atoms with Crippen LogP contribution in [0.5, 0.6) is 0 Å². The summed E-state index contributed by atoms with van der Waals surface area (Å²) in [4.78, 5) is 100.0. The maximum absolute atomic E-state index is 11.5. The molecule has 3 aliphatic rings. The molecule has 1 amide bonds. The number of aromatic nitrogens is 8. The van der Waals surface area contributed by atoms with E-state index in [1.54, 1.807) is 22.7 Å². The smallest absolute Gasteiger partial charge is 0.303 e. The number of nitrogens with two attached hydrogens (primary N) is 2. The minimum atomic E-state index is -1.61. The van der Waals surface area contributed by atoms with Crippen molar-refractivity contribution in [3.8, 4) is 0 Å². The molecule has 3 aliphatic heterocycles. The number of imidazole rings is 2. The minimum absolute atomic E-state index is 0.0216. The standard InChI is InChI=1S/C15H16ClN3O9.C15H21N3O5S.C10H14N6O3.C7H7N5O.ClH.Hg/c1-7(20)26-6-11-14(27-8(2)21)13(15(16)28-11)17-12-9(18(22)23)4-3-5-10(12)19(24)25;1-4-12-9(3)13(15(23-12)24-5-2)16-14-10(17(19)20)7-6-8-11(14)18(21)22;11-5-7(18)4(1-17)19-10(5)16-3-15-6-8(12)13-2-14-9(6)16;1-4(13)12-7-5-6(9-2-8-5)10-3-11-7;;/h3-5,11,13-15,17H,6H2,1-2H3;6-9,12-13,15-16H,4-5H2,1-3H3;2-5,7,10,17-18H,1,11H2,(H2,12,13,14);2-3H,1H3,(H2,8,9,10,11,12,13);1H;/q;;;;;+2/p-2/t11-,13?,14+,15-;9-,12+,13?,15-;4-,5?,7+,10-;;;/m101.../s1. The molecule has 3 unspecified atom stereocenters. The van der Waals surface area contributed by atoms with E-state index in [1.807, 2.05) is 23.1 Å². The fourth-order valence-electron chi connectivity index (χ4n) is 9.11. The van der Waals surface area contributed by atoms with Gasteiger partial charge in [0.15, 0.2) is 40.7 Å². The van der Waals surface area contributed by atoms with Crippen LogP contribution in [0.4, 0.5) is 45.8 Å². The number of fused-ring (bicyclic) bond motifs is 2. The first-order valence-corrected chi connectivity index (χ1v) is 36.4. The molecule has 0 saturated carbocycles. The summed E-state index contributed by atoms with van der Waals surface area (Å²) in [7, 11) is 5.90. The number of alkyl halides is 1. The molecule has 12 atom stereocenters. The number of nitro benzene ring substituents is 4. The fraction of sp³-hybridized carbons (Fsp3) is 0.468. The van der Waals surface area contributed by atoms with Gasteiger partial charge in [-0.05, 0) is 24.3 Å². The number of nitro groups is 4. The van der Waals surface area contributed by atoms with Gasteiger partial charge in [0.2, 0.25) is 0 Å². The molecule has 39 heteroatoms. The molecule has 3 fully saturated rings. The quantitative estimate of drug-likeness (QED) is 0.0207. The van der Waals surface area contributed by atoms with Crippen molar-refractivity contribution in [2.45, 2.75) is 114 Å². The Labute approximate surface area is 511 Å². The van der Waals surface area contributed by atoms with Crippen LogP contribution in [0.2, 0.25) is 0 Å². The number of halogens is 2. The van der Waals surface area contributed by atoms with E-state index in [0.29, 0.717) is 28.1 Å². The van der Waals surface area contributed by atoms with Crippen LogP contribution < -0.4 is 27.4 Å². The number of carbonyl (C=O) groups excluding carboxylic acids is 3. The Hall–Kier alpha value is -7.42. The van der Waals surface area contributed by atoms with Crippen LogP contribution in [0.1, 0.15) is 54.2 Å². The third kappa shape index (κ3) is 16.1.